The van der Waals surface area contributed by atoms with Crippen LogP contribution in [0, 0.1) is 5.82 Å². The van der Waals surface area contributed by atoms with Crippen molar-refractivity contribution in [1.82, 2.24) is 4.98 Å². The number of hydrogen-bond donors (Lipinski definition) is 1. The number of oxazole rings is 1. The van der Waals surface area contributed by atoms with Gasteiger partial charge in [0.15, 0.2) is 5.58 Å². The summed E-state index contributed by atoms with van der Waals surface area (Å²) in [6, 6.07) is 8.22. The first-order valence-corrected chi connectivity index (χ1v) is 6.95. The minimum absolute atomic E-state index is 0.319. The Labute approximate surface area is 124 Å². The van der Waals surface area contributed by atoms with Gasteiger partial charge < -0.3 is 10.2 Å². The van der Waals surface area contributed by atoms with Crippen LogP contribution >= 0.6 is 31.9 Å². The van der Waals surface area contributed by atoms with Gasteiger partial charge in [-0.3, -0.25) is 0 Å². The lowest BCUT2D eigenvalue weighted by Gasteiger charge is -1.99. The molecular weight excluding hydrogens is 379 g/mol. The maximum absolute atomic E-state index is 13.5. The highest BCUT2D eigenvalue weighted by Crippen LogP contribution is 2.34. The number of nitrogen functional groups attached to an aromatic ring is 1. The molecule has 0 spiro atoms. The Morgan fingerprint density at radius 3 is 2.79 bits per heavy atom. The molecule has 6 heteroatoms. The van der Waals surface area contributed by atoms with E-state index in [4.69, 9.17) is 10.2 Å². The topological polar surface area (TPSA) is 52.0 Å². The van der Waals surface area contributed by atoms with Crippen LogP contribution in [-0.4, -0.2) is 4.98 Å². The average Bonchev–Trinajstić information content (AvgIpc) is 2.76. The lowest BCUT2D eigenvalue weighted by atomic mass is 10.2. The number of nitrogens with two attached hydrogens (primary N) is 1. The Morgan fingerprint density at radius 1 is 1.21 bits per heavy atom. The Kier molecular flexibility index (Phi) is 3.06. The third-order valence-corrected chi connectivity index (χ3v) is 3.93. The summed E-state index contributed by atoms with van der Waals surface area (Å²) in [6.07, 6.45) is 0. The molecule has 0 radical (unpaired) electrons. The van der Waals surface area contributed by atoms with E-state index in [1.54, 1.807) is 24.3 Å². The standard InChI is InChI=1S/C13H7Br2FN2O/c14-6-4-9(17)12-10(5-6)18-13(19-12)7-2-1-3-8(16)11(7)15/h1-5H,17H2. The van der Waals surface area contributed by atoms with Crippen molar-refractivity contribution in [3.63, 3.8) is 0 Å². The number of hydrogen-bond acceptors (Lipinski definition) is 3. The normalized spacial score (nSPS) is 11.1. The highest BCUT2D eigenvalue weighted by atomic mass is 79.9. The lowest BCUT2D eigenvalue weighted by molar-refractivity contribution is 0.607. The van der Waals surface area contributed by atoms with E-state index in [-0.39, 0.29) is 5.82 Å². The second-order valence-electron chi connectivity index (χ2n) is 3.96. The molecule has 96 valence electrons. The van der Waals surface area contributed by atoms with Gasteiger partial charge in [0.05, 0.1) is 15.7 Å². The molecule has 0 fully saturated rings. The predicted octanol–water partition coefficient (Wildman–Crippen LogP) is 4.74. The van der Waals surface area contributed by atoms with E-state index in [0.717, 1.165) is 4.47 Å². The average molecular weight is 386 g/mol. The summed E-state index contributed by atoms with van der Waals surface area (Å²) in [4.78, 5) is 4.33. The molecular formula is C13H7Br2FN2O. The molecule has 0 unspecified atom stereocenters. The monoisotopic (exact) mass is 384 g/mol. The van der Waals surface area contributed by atoms with Gasteiger partial charge in [-0.15, -0.1) is 0 Å². The molecule has 19 heavy (non-hydrogen) atoms. The van der Waals surface area contributed by atoms with Crippen LogP contribution in [0.3, 0.4) is 0 Å². The maximum atomic E-state index is 13.5. The van der Waals surface area contributed by atoms with Crippen LogP contribution in [0.2, 0.25) is 0 Å². The van der Waals surface area contributed by atoms with E-state index >= 15 is 0 Å². The van der Waals surface area contributed by atoms with E-state index in [2.05, 4.69) is 36.8 Å². The molecule has 2 aromatic carbocycles. The van der Waals surface area contributed by atoms with E-state index in [1.807, 2.05) is 0 Å². The van der Waals surface area contributed by atoms with Crippen molar-refractivity contribution in [2.45, 2.75) is 0 Å². The molecule has 0 amide bonds. The number of halogens is 3. The van der Waals surface area contributed by atoms with Gasteiger partial charge in [0.1, 0.15) is 11.3 Å². The zero-order chi connectivity index (χ0) is 13.6. The highest BCUT2D eigenvalue weighted by Gasteiger charge is 2.15. The zero-order valence-electron chi connectivity index (χ0n) is 9.45. The third-order valence-electron chi connectivity index (χ3n) is 2.67. The predicted molar refractivity (Wildman–Crippen MR) is 79.2 cm³/mol. The second-order valence-corrected chi connectivity index (χ2v) is 5.67. The largest absolute Gasteiger partial charge is 0.434 e. The second kappa shape index (κ2) is 4.61. The molecule has 3 rings (SSSR count). The number of rotatable bonds is 1. The van der Waals surface area contributed by atoms with Crippen molar-refractivity contribution in [2.75, 3.05) is 5.73 Å². The maximum Gasteiger partial charge on any atom is 0.228 e. The fourth-order valence-corrected chi connectivity index (χ4v) is 2.70. The Morgan fingerprint density at radius 2 is 2.00 bits per heavy atom. The number of nitrogens with zero attached hydrogens (tertiary/aromatic N) is 1. The van der Waals surface area contributed by atoms with Crippen molar-refractivity contribution in [3.05, 3.63) is 45.1 Å². The number of benzene rings is 2. The van der Waals surface area contributed by atoms with Crippen molar-refractivity contribution in [2.24, 2.45) is 0 Å². The van der Waals surface area contributed by atoms with Crippen LogP contribution in [0.15, 0.2) is 43.7 Å². The summed E-state index contributed by atoms with van der Waals surface area (Å²) in [6.45, 7) is 0. The van der Waals surface area contributed by atoms with Crippen LogP contribution in [0.25, 0.3) is 22.6 Å². The molecule has 0 atom stereocenters. The van der Waals surface area contributed by atoms with E-state index < -0.39 is 0 Å². The molecule has 3 nitrogen and oxygen atoms in total. The van der Waals surface area contributed by atoms with Gasteiger partial charge in [-0.25, -0.2) is 9.37 Å². The molecule has 0 bridgehead atoms. The summed E-state index contributed by atoms with van der Waals surface area (Å²) >= 11 is 6.54. The van der Waals surface area contributed by atoms with Crippen molar-refractivity contribution < 1.29 is 8.81 Å². The molecule has 0 aliphatic rings. The van der Waals surface area contributed by atoms with Crippen molar-refractivity contribution >= 4 is 48.6 Å². The van der Waals surface area contributed by atoms with Crippen LogP contribution in [0.1, 0.15) is 0 Å². The van der Waals surface area contributed by atoms with Crippen LogP contribution in [0.4, 0.5) is 10.1 Å². The molecule has 0 saturated carbocycles. The third kappa shape index (κ3) is 2.15. The Bertz CT molecular complexity index is 786. The van der Waals surface area contributed by atoms with Crippen LogP contribution in [-0.2, 0) is 0 Å². The molecule has 2 N–H and O–H groups in total. The number of fused-ring (bicyclic) bond motifs is 1. The lowest BCUT2D eigenvalue weighted by Crippen LogP contribution is -1.84. The zero-order valence-corrected chi connectivity index (χ0v) is 12.6. The summed E-state index contributed by atoms with van der Waals surface area (Å²) in [5.74, 6) is -0.0416. The quantitative estimate of drug-likeness (QED) is 0.615. The van der Waals surface area contributed by atoms with Gasteiger partial charge in [-0.05, 0) is 40.2 Å². The van der Waals surface area contributed by atoms with Crippen molar-refractivity contribution in [3.8, 4) is 11.5 Å². The van der Waals surface area contributed by atoms with Crippen LogP contribution in [0.5, 0.6) is 0 Å². The molecule has 0 aliphatic carbocycles. The highest BCUT2D eigenvalue weighted by molar-refractivity contribution is 9.10. The molecule has 3 aromatic rings. The van der Waals surface area contributed by atoms with Gasteiger partial charge in [0.25, 0.3) is 0 Å². The Hall–Kier alpha value is -1.40. The van der Waals surface area contributed by atoms with E-state index in [1.165, 1.54) is 6.07 Å². The smallest absolute Gasteiger partial charge is 0.228 e. The molecule has 1 heterocycles. The minimum atomic E-state index is -0.367. The summed E-state index contributed by atoms with van der Waals surface area (Å²) in [5.41, 5.74) is 8.01. The summed E-state index contributed by atoms with van der Waals surface area (Å²) in [7, 11) is 0. The summed E-state index contributed by atoms with van der Waals surface area (Å²) < 4.78 is 20.3. The first kappa shape index (κ1) is 12.6. The van der Waals surface area contributed by atoms with Gasteiger partial charge >= 0.3 is 0 Å². The number of aromatic nitrogens is 1. The number of anilines is 1. The molecule has 1 aromatic heterocycles. The van der Waals surface area contributed by atoms with Gasteiger partial charge in [0.2, 0.25) is 5.89 Å². The fourth-order valence-electron chi connectivity index (χ4n) is 1.81. The van der Waals surface area contributed by atoms with E-state index in [0.29, 0.717) is 32.7 Å². The molecule has 0 aliphatic heterocycles. The summed E-state index contributed by atoms with van der Waals surface area (Å²) in [5, 5.41) is 0. The SMILES string of the molecule is Nc1cc(Br)cc2nc(-c3cccc(F)c3Br)oc12. The first-order chi connectivity index (χ1) is 9.06. The van der Waals surface area contributed by atoms with Gasteiger partial charge in [-0.2, -0.15) is 0 Å². The van der Waals surface area contributed by atoms with E-state index in [9.17, 15) is 4.39 Å². The molecule has 0 saturated heterocycles. The minimum Gasteiger partial charge on any atom is -0.434 e. The van der Waals surface area contributed by atoms with Gasteiger partial charge in [-0.1, -0.05) is 22.0 Å². The Balaban J connectivity index is 2.26. The fraction of sp³-hybridized carbons (Fsp3) is 0. The first-order valence-electron chi connectivity index (χ1n) is 5.36. The van der Waals surface area contributed by atoms with Crippen LogP contribution < -0.4 is 5.73 Å². The van der Waals surface area contributed by atoms with Crippen molar-refractivity contribution in [1.29, 1.82) is 0 Å². The van der Waals surface area contributed by atoms with Gasteiger partial charge in [0, 0.05) is 4.47 Å².